The number of hydrogen-bond acceptors (Lipinski definition) is 2. The van der Waals surface area contributed by atoms with E-state index in [1.165, 1.54) is 19.1 Å². The fourth-order valence-electron chi connectivity index (χ4n) is 1.08. The summed E-state index contributed by atoms with van der Waals surface area (Å²) in [5.41, 5.74) is 0.597. The van der Waals surface area contributed by atoms with Crippen LogP contribution in [0.3, 0.4) is 0 Å². The summed E-state index contributed by atoms with van der Waals surface area (Å²) in [6.07, 6.45) is 0. The Kier molecular flexibility index (Phi) is 2.40. The molecule has 0 aromatic heterocycles. The third-order valence-corrected chi connectivity index (χ3v) is 2.78. The molecule has 0 fully saturated rings. The maximum Gasteiger partial charge on any atom is 0.238 e. The Morgan fingerprint density at radius 1 is 1.31 bits per heavy atom. The lowest BCUT2D eigenvalue weighted by Gasteiger charge is -2.05. The summed E-state index contributed by atoms with van der Waals surface area (Å²) >= 11 is 0. The van der Waals surface area contributed by atoms with Crippen LogP contribution in [0.25, 0.3) is 0 Å². The first-order valence-electron chi connectivity index (χ1n) is 3.62. The molecule has 0 atom stereocenters. The van der Waals surface area contributed by atoms with Crippen LogP contribution in [-0.4, -0.2) is 8.42 Å². The maximum absolute atomic E-state index is 13.1. The van der Waals surface area contributed by atoms with Gasteiger partial charge in [0, 0.05) is 5.56 Å². The maximum atomic E-state index is 13.1. The van der Waals surface area contributed by atoms with E-state index in [2.05, 4.69) is 0 Å². The molecule has 0 saturated carbocycles. The summed E-state index contributed by atoms with van der Waals surface area (Å²) in [6, 6.07) is 2.62. The molecule has 5 heteroatoms. The van der Waals surface area contributed by atoms with E-state index in [1.807, 2.05) is 0 Å². The number of benzene rings is 1. The lowest BCUT2D eigenvalue weighted by Crippen LogP contribution is -2.14. The average molecular weight is 203 g/mol. The third-order valence-electron chi connectivity index (χ3n) is 1.75. The fourth-order valence-corrected chi connectivity index (χ4v) is 1.95. The lowest BCUT2D eigenvalue weighted by molar-refractivity contribution is 0.587. The predicted molar refractivity (Wildman–Crippen MR) is 47.2 cm³/mol. The van der Waals surface area contributed by atoms with E-state index >= 15 is 0 Å². The summed E-state index contributed by atoms with van der Waals surface area (Å²) < 4.78 is 35.0. The Balaban J connectivity index is 3.56. The molecule has 2 N–H and O–H groups in total. The summed E-state index contributed by atoms with van der Waals surface area (Å²) in [7, 11) is -3.82. The molecule has 3 nitrogen and oxygen atoms in total. The van der Waals surface area contributed by atoms with Crippen molar-refractivity contribution in [3.05, 3.63) is 29.1 Å². The molecule has 13 heavy (non-hydrogen) atoms. The highest BCUT2D eigenvalue weighted by atomic mass is 32.2. The van der Waals surface area contributed by atoms with Crippen LogP contribution in [0.4, 0.5) is 4.39 Å². The van der Waals surface area contributed by atoms with Crippen LogP contribution < -0.4 is 5.14 Å². The molecule has 1 aromatic rings. The van der Waals surface area contributed by atoms with Crippen molar-refractivity contribution < 1.29 is 12.8 Å². The molecule has 1 rings (SSSR count). The number of halogens is 1. The largest absolute Gasteiger partial charge is 0.238 e. The van der Waals surface area contributed by atoms with Crippen LogP contribution >= 0.6 is 0 Å². The van der Waals surface area contributed by atoms with Crippen molar-refractivity contribution in [1.82, 2.24) is 0 Å². The molecule has 0 unspecified atom stereocenters. The zero-order valence-corrected chi connectivity index (χ0v) is 8.15. The summed E-state index contributed by atoms with van der Waals surface area (Å²) in [6.45, 7) is 2.99. The Morgan fingerprint density at radius 2 is 1.85 bits per heavy atom. The number of aryl methyl sites for hydroxylation is 1. The molecule has 0 aliphatic carbocycles. The molecule has 0 saturated heterocycles. The van der Waals surface area contributed by atoms with Gasteiger partial charge < -0.3 is 0 Å². The van der Waals surface area contributed by atoms with E-state index in [9.17, 15) is 12.8 Å². The normalized spacial score (nSPS) is 11.7. The lowest BCUT2D eigenvalue weighted by atomic mass is 10.1. The van der Waals surface area contributed by atoms with Crippen LogP contribution in [-0.2, 0) is 10.0 Å². The van der Waals surface area contributed by atoms with E-state index in [0.29, 0.717) is 5.56 Å². The van der Waals surface area contributed by atoms with Crippen LogP contribution in [0, 0.1) is 19.7 Å². The Labute approximate surface area is 76.4 Å². The number of sulfonamides is 1. The molecule has 0 amide bonds. The van der Waals surface area contributed by atoms with Gasteiger partial charge in [0.2, 0.25) is 10.0 Å². The van der Waals surface area contributed by atoms with E-state index in [4.69, 9.17) is 5.14 Å². The van der Waals surface area contributed by atoms with Crippen LogP contribution in [0.5, 0.6) is 0 Å². The van der Waals surface area contributed by atoms with Gasteiger partial charge in [0.1, 0.15) is 5.82 Å². The fraction of sp³-hybridized carbons (Fsp3) is 0.250. The molecule has 72 valence electrons. The second-order valence-corrected chi connectivity index (χ2v) is 4.44. The molecule has 0 aliphatic rings. The minimum atomic E-state index is -3.82. The van der Waals surface area contributed by atoms with Crippen molar-refractivity contribution in [3.8, 4) is 0 Å². The Bertz CT molecular complexity index is 440. The van der Waals surface area contributed by atoms with Crippen molar-refractivity contribution in [2.75, 3.05) is 0 Å². The van der Waals surface area contributed by atoms with E-state index in [1.54, 1.807) is 6.92 Å². The minimum Gasteiger partial charge on any atom is -0.225 e. The molecule has 0 spiro atoms. The van der Waals surface area contributed by atoms with Gasteiger partial charge >= 0.3 is 0 Å². The summed E-state index contributed by atoms with van der Waals surface area (Å²) in [4.78, 5) is -0.148. The van der Waals surface area contributed by atoms with Crippen molar-refractivity contribution in [2.24, 2.45) is 5.14 Å². The highest BCUT2D eigenvalue weighted by Gasteiger charge is 2.14. The number of primary sulfonamides is 1. The molecule has 0 bridgehead atoms. The minimum absolute atomic E-state index is 0.0631. The molecule has 0 radical (unpaired) electrons. The quantitative estimate of drug-likeness (QED) is 0.742. The van der Waals surface area contributed by atoms with Gasteiger partial charge in [-0.05, 0) is 31.5 Å². The van der Waals surface area contributed by atoms with E-state index in [0.717, 1.165) is 0 Å². The summed E-state index contributed by atoms with van der Waals surface area (Å²) in [5, 5.41) is 4.90. The molecular formula is C8H10FNO2S. The van der Waals surface area contributed by atoms with E-state index in [-0.39, 0.29) is 10.5 Å². The van der Waals surface area contributed by atoms with Crippen molar-refractivity contribution in [2.45, 2.75) is 18.7 Å². The van der Waals surface area contributed by atoms with Gasteiger partial charge in [0.25, 0.3) is 0 Å². The number of nitrogens with two attached hydrogens (primary N) is 1. The highest BCUT2D eigenvalue weighted by molar-refractivity contribution is 7.89. The average Bonchev–Trinajstić information content (AvgIpc) is 1.94. The van der Waals surface area contributed by atoms with Gasteiger partial charge in [0.05, 0.1) is 4.90 Å². The molecular weight excluding hydrogens is 193 g/mol. The van der Waals surface area contributed by atoms with Gasteiger partial charge in [-0.25, -0.2) is 17.9 Å². The van der Waals surface area contributed by atoms with Crippen LogP contribution in [0.1, 0.15) is 11.1 Å². The van der Waals surface area contributed by atoms with Crippen molar-refractivity contribution in [1.29, 1.82) is 0 Å². The van der Waals surface area contributed by atoms with Crippen LogP contribution in [0.15, 0.2) is 17.0 Å². The van der Waals surface area contributed by atoms with Gasteiger partial charge in [0.15, 0.2) is 0 Å². The molecule has 0 heterocycles. The monoisotopic (exact) mass is 203 g/mol. The Hall–Kier alpha value is -0.940. The first-order chi connectivity index (χ1) is 5.82. The van der Waals surface area contributed by atoms with Gasteiger partial charge in [-0.15, -0.1) is 0 Å². The first kappa shape index (κ1) is 10.1. The summed E-state index contributed by atoms with van der Waals surface area (Å²) in [5.74, 6) is -0.552. The van der Waals surface area contributed by atoms with Gasteiger partial charge in [-0.3, -0.25) is 0 Å². The number of hydrogen-bond donors (Lipinski definition) is 1. The zero-order chi connectivity index (χ0) is 10.2. The molecule has 0 aliphatic heterocycles. The second-order valence-electron chi connectivity index (χ2n) is 2.91. The molecule has 1 aromatic carbocycles. The zero-order valence-electron chi connectivity index (χ0n) is 7.33. The van der Waals surface area contributed by atoms with Gasteiger partial charge in [-0.2, -0.15) is 0 Å². The standard InChI is InChI=1S/C8H10FNO2S/c1-5-3-7(9)6(2)8(4-5)13(10,11)12/h3-4H,1-2H3,(H2,10,11,12). The smallest absolute Gasteiger partial charge is 0.225 e. The topological polar surface area (TPSA) is 60.2 Å². The van der Waals surface area contributed by atoms with Crippen molar-refractivity contribution >= 4 is 10.0 Å². The number of rotatable bonds is 1. The van der Waals surface area contributed by atoms with Gasteiger partial charge in [-0.1, -0.05) is 0 Å². The van der Waals surface area contributed by atoms with Crippen molar-refractivity contribution in [3.63, 3.8) is 0 Å². The first-order valence-corrected chi connectivity index (χ1v) is 5.16. The Morgan fingerprint density at radius 3 is 2.31 bits per heavy atom. The third kappa shape index (κ3) is 2.05. The van der Waals surface area contributed by atoms with Crippen LogP contribution in [0.2, 0.25) is 0 Å². The SMILES string of the molecule is Cc1cc(F)c(C)c(S(N)(=O)=O)c1. The second kappa shape index (κ2) is 3.08. The van der Waals surface area contributed by atoms with E-state index < -0.39 is 15.8 Å². The predicted octanol–water partition coefficient (Wildman–Crippen LogP) is 1.09. The highest BCUT2D eigenvalue weighted by Crippen LogP contribution is 2.18.